The fraction of sp³-hybridized carbons (Fsp3) is 0.100. The number of aromatic carboxylic acids is 1. The van der Waals surface area contributed by atoms with Crippen LogP contribution in [0.3, 0.4) is 0 Å². The van der Waals surface area contributed by atoms with E-state index >= 15 is 0 Å². The molecule has 0 aliphatic heterocycles. The fourth-order valence-corrected chi connectivity index (χ4v) is 4.97. The zero-order chi connectivity index (χ0) is 22.3. The summed E-state index contributed by atoms with van der Waals surface area (Å²) in [5.41, 5.74) is 1.34. The van der Waals surface area contributed by atoms with Crippen LogP contribution in [0.4, 0.5) is 5.69 Å². The standard InChI is InChI=1S/C20H16Cl2N4O4S/c1-25-10-19(23-11-25)31(29,30)26(9-12-5-6-14(21)15(22)7-12)18-4-2-3-16-13(18)8-17(24-16)20(27)28/h2-8,10-11,24H,9H2,1H3,(H,27,28). The van der Waals surface area contributed by atoms with Gasteiger partial charge in [0.25, 0.3) is 10.0 Å². The highest BCUT2D eigenvalue weighted by molar-refractivity contribution is 7.92. The smallest absolute Gasteiger partial charge is 0.352 e. The monoisotopic (exact) mass is 478 g/mol. The number of rotatable bonds is 6. The van der Waals surface area contributed by atoms with Crippen molar-refractivity contribution in [3.8, 4) is 0 Å². The highest BCUT2D eigenvalue weighted by Gasteiger charge is 2.29. The molecule has 0 fully saturated rings. The Balaban J connectivity index is 1.91. The molecule has 4 aromatic rings. The van der Waals surface area contributed by atoms with Crippen molar-refractivity contribution in [2.75, 3.05) is 4.31 Å². The lowest BCUT2D eigenvalue weighted by atomic mass is 10.2. The molecule has 0 radical (unpaired) electrons. The number of nitrogens with zero attached hydrogens (tertiary/aromatic N) is 3. The van der Waals surface area contributed by atoms with Gasteiger partial charge in [-0.15, -0.1) is 0 Å². The number of carbonyl (C=O) groups is 1. The maximum Gasteiger partial charge on any atom is 0.352 e. The van der Waals surface area contributed by atoms with Gasteiger partial charge < -0.3 is 14.7 Å². The molecule has 0 saturated carbocycles. The maximum absolute atomic E-state index is 13.6. The number of sulfonamides is 1. The highest BCUT2D eigenvalue weighted by atomic mass is 35.5. The van der Waals surface area contributed by atoms with Crippen LogP contribution in [0.25, 0.3) is 10.9 Å². The highest BCUT2D eigenvalue weighted by Crippen LogP contribution is 2.33. The molecule has 4 rings (SSSR count). The number of halogens is 2. The summed E-state index contributed by atoms with van der Waals surface area (Å²) >= 11 is 12.1. The van der Waals surface area contributed by atoms with Gasteiger partial charge in [-0.3, -0.25) is 4.31 Å². The number of hydrogen-bond acceptors (Lipinski definition) is 4. The third-order valence-corrected chi connectivity index (χ3v) is 7.07. The molecule has 0 aliphatic carbocycles. The van der Waals surface area contributed by atoms with E-state index < -0.39 is 16.0 Å². The van der Waals surface area contributed by atoms with Crippen LogP contribution in [0.5, 0.6) is 0 Å². The molecule has 8 nitrogen and oxygen atoms in total. The van der Waals surface area contributed by atoms with E-state index in [0.717, 1.165) is 0 Å². The van der Waals surface area contributed by atoms with Crippen LogP contribution in [-0.4, -0.2) is 34.0 Å². The van der Waals surface area contributed by atoms with Crippen LogP contribution in [0.1, 0.15) is 16.1 Å². The van der Waals surface area contributed by atoms with Crippen molar-refractivity contribution < 1.29 is 18.3 Å². The lowest BCUT2D eigenvalue weighted by Crippen LogP contribution is -2.31. The molecule has 2 aromatic carbocycles. The van der Waals surface area contributed by atoms with Crippen molar-refractivity contribution in [1.29, 1.82) is 0 Å². The summed E-state index contributed by atoms with van der Waals surface area (Å²) in [7, 11) is -2.42. The average molecular weight is 479 g/mol. The predicted octanol–water partition coefficient (Wildman–Crippen LogP) is 4.30. The number of H-pyrrole nitrogens is 1. The van der Waals surface area contributed by atoms with E-state index in [1.54, 1.807) is 43.4 Å². The molecular formula is C20H16Cl2N4O4S. The lowest BCUT2D eigenvalue weighted by Gasteiger charge is -2.24. The quantitative estimate of drug-likeness (QED) is 0.429. The Morgan fingerprint density at radius 2 is 1.97 bits per heavy atom. The van der Waals surface area contributed by atoms with E-state index in [2.05, 4.69) is 9.97 Å². The summed E-state index contributed by atoms with van der Waals surface area (Å²) in [6.07, 6.45) is 2.79. The van der Waals surface area contributed by atoms with Gasteiger partial charge >= 0.3 is 5.97 Å². The number of benzene rings is 2. The molecule has 0 amide bonds. The second-order valence-electron chi connectivity index (χ2n) is 6.86. The third-order valence-electron chi connectivity index (χ3n) is 4.69. The molecule has 2 heterocycles. The molecule has 0 unspecified atom stereocenters. The van der Waals surface area contributed by atoms with Crippen LogP contribution in [-0.2, 0) is 23.6 Å². The van der Waals surface area contributed by atoms with Crippen LogP contribution in [0.2, 0.25) is 10.0 Å². The van der Waals surface area contributed by atoms with Crippen LogP contribution in [0.15, 0.2) is 60.0 Å². The molecule has 0 aliphatic rings. The first-order chi connectivity index (χ1) is 14.7. The Morgan fingerprint density at radius 1 is 1.19 bits per heavy atom. The maximum atomic E-state index is 13.6. The summed E-state index contributed by atoms with van der Waals surface area (Å²) in [5, 5.41) is 10.3. The van der Waals surface area contributed by atoms with Crippen molar-refractivity contribution in [1.82, 2.24) is 14.5 Å². The SMILES string of the molecule is Cn1cnc(S(=O)(=O)N(Cc2ccc(Cl)c(Cl)c2)c2cccc3[nH]c(C(=O)O)cc23)c1. The molecule has 0 bridgehead atoms. The molecule has 160 valence electrons. The van der Waals surface area contributed by atoms with Crippen molar-refractivity contribution in [2.45, 2.75) is 11.6 Å². The van der Waals surface area contributed by atoms with Crippen LogP contribution < -0.4 is 4.31 Å². The van der Waals surface area contributed by atoms with Crippen molar-refractivity contribution >= 4 is 55.8 Å². The number of hydrogen-bond donors (Lipinski definition) is 2. The Labute approximate surface area is 187 Å². The first-order valence-electron chi connectivity index (χ1n) is 8.96. The van der Waals surface area contributed by atoms with Crippen LogP contribution >= 0.6 is 23.2 Å². The van der Waals surface area contributed by atoms with Gasteiger partial charge in [-0.2, -0.15) is 8.42 Å². The molecule has 11 heteroatoms. The summed E-state index contributed by atoms with van der Waals surface area (Å²) in [6.45, 7) is -0.0670. The molecule has 0 saturated heterocycles. The normalized spacial score (nSPS) is 11.7. The second-order valence-corrected chi connectivity index (χ2v) is 9.49. The Kier molecular flexibility index (Phi) is 5.42. The first kappa shape index (κ1) is 21.2. The lowest BCUT2D eigenvalue weighted by molar-refractivity contribution is 0.0691. The summed E-state index contributed by atoms with van der Waals surface area (Å²) < 4.78 is 29.8. The largest absolute Gasteiger partial charge is 0.477 e. The Morgan fingerprint density at radius 3 is 2.61 bits per heavy atom. The van der Waals surface area contributed by atoms with Crippen molar-refractivity contribution in [3.05, 3.63) is 76.3 Å². The average Bonchev–Trinajstić information content (AvgIpc) is 3.35. The molecule has 31 heavy (non-hydrogen) atoms. The Hall–Kier alpha value is -3.01. The van der Waals surface area contributed by atoms with E-state index in [1.165, 1.54) is 27.5 Å². The molecule has 2 aromatic heterocycles. The minimum absolute atomic E-state index is 0.0489. The van der Waals surface area contributed by atoms with Gasteiger partial charge in [-0.05, 0) is 35.9 Å². The zero-order valence-electron chi connectivity index (χ0n) is 16.1. The topological polar surface area (TPSA) is 108 Å². The van der Waals surface area contributed by atoms with Gasteiger partial charge in [0.1, 0.15) is 5.69 Å². The number of aromatic nitrogens is 3. The van der Waals surface area contributed by atoms with E-state index in [1.807, 2.05) is 0 Å². The van der Waals surface area contributed by atoms with Gasteiger partial charge in [0.2, 0.25) is 0 Å². The van der Waals surface area contributed by atoms with E-state index in [9.17, 15) is 18.3 Å². The number of nitrogens with one attached hydrogen (secondary N) is 1. The van der Waals surface area contributed by atoms with E-state index in [-0.39, 0.29) is 17.3 Å². The Bertz CT molecular complexity index is 1410. The predicted molar refractivity (Wildman–Crippen MR) is 118 cm³/mol. The number of carboxylic acids is 1. The van der Waals surface area contributed by atoms with Gasteiger partial charge in [-0.25, -0.2) is 9.78 Å². The number of fused-ring (bicyclic) bond motifs is 1. The molecule has 0 atom stereocenters. The summed E-state index contributed by atoms with van der Waals surface area (Å²) in [6, 6.07) is 11.2. The van der Waals surface area contributed by atoms with Crippen molar-refractivity contribution in [3.63, 3.8) is 0 Å². The third kappa shape index (κ3) is 3.99. The van der Waals surface area contributed by atoms with E-state index in [0.29, 0.717) is 32.2 Å². The second kappa shape index (κ2) is 7.92. The molecule has 0 spiro atoms. The fourth-order valence-electron chi connectivity index (χ4n) is 3.21. The molecular weight excluding hydrogens is 463 g/mol. The number of imidazole rings is 1. The van der Waals surface area contributed by atoms with Gasteiger partial charge in [0.15, 0.2) is 5.03 Å². The number of carboxylic acid groups (broad SMARTS) is 1. The van der Waals surface area contributed by atoms with Gasteiger partial charge in [-0.1, -0.05) is 35.3 Å². The van der Waals surface area contributed by atoms with Gasteiger partial charge in [0, 0.05) is 24.1 Å². The van der Waals surface area contributed by atoms with Crippen LogP contribution in [0, 0.1) is 0 Å². The van der Waals surface area contributed by atoms with E-state index in [4.69, 9.17) is 23.2 Å². The number of anilines is 1. The summed E-state index contributed by atoms with van der Waals surface area (Å²) in [5.74, 6) is -1.15. The number of aromatic amines is 1. The van der Waals surface area contributed by atoms with Gasteiger partial charge in [0.05, 0.1) is 28.6 Å². The van der Waals surface area contributed by atoms with Crippen molar-refractivity contribution in [2.24, 2.45) is 7.05 Å². The molecule has 2 N–H and O–H groups in total. The summed E-state index contributed by atoms with van der Waals surface area (Å²) in [4.78, 5) is 18.2. The zero-order valence-corrected chi connectivity index (χ0v) is 18.4. The minimum atomic E-state index is -4.09. The number of aryl methyl sites for hydroxylation is 1. The first-order valence-corrected chi connectivity index (χ1v) is 11.2. The minimum Gasteiger partial charge on any atom is -0.477 e.